The smallest absolute Gasteiger partial charge is 0.119 e. The van der Waals surface area contributed by atoms with E-state index < -0.39 is 0 Å². The van der Waals surface area contributed by atoms with Gasteiger partial charge in [0.25, 0.3) is 0 Å². The summed E-state index contributed by atoms with van der Waals surface area (Å²) in [7, 11) is 3.45. The van der Waals surface area contributed by atoms with Crippen LogP contribution in [0.5, 0.6) is 11.5 Å². The van der Waals surface area contributed by atoms with Gasteiger partial charge in [-0.15, -0.1) is 0 Å². The Morgan fingerprint density at radius 2 is 1.25 bits per heavy atom. The minimum absolute atomic E-state index is 0.547. The van der Waals surface area contributed by atoms with Gasteiger partial charge in [-0.05, 0) is 62.1 Å². The van der Waals surface area contributed by atoms with Crippen molar-refractivity contribution in [2.75, 3.05) is 40.4 Å². The number of piperazine rings is 1. The standard InChI is InChI=1S/C24H34N2O2/c1-19(16-21-8-10-23(27-3)11-9-21)25-12-14-26(15-13-25)20(2)17-22-6-5-7-24(18-22)28-4/h5-11,18-20H,12-17H2,1-4H3. The molecule has 0 bridgehead atoms. The molecule has 0 spiro atoms. The molecule has 2 aromatic rings. The van der Waals surface area contributed by atoms with Crippen LogP contribution in [-0.2, 0) is 12.8 Å². The van der Waals surface area contributed by atoms with Gasteiger partial charge in [0.05, 0.1) is 14.2 Å². The molecule has 28 heavy (non-hydrogen) atoms. The maximum Gasteiger partial charge on any atom is 0.119 e. The quantitative estimate of drug-likeness (QED) is 0.692. The molecule has 1 fully saturated rings. The molecule has 0 saturated carbocycles. The third kappa shape index (κ3) is 5.49. The molecule has 0 aliphatic carbocycles. The van der Waals surface area contributed by atoms with E-state index in [9.17, 15) is 0 Å². The minimum atomic E-state index is 0.547. The summed E-state index contributed by atoms with van der Waals surface area (Å²) in [6, 6.07) is 18.0. The van der Waals surface area contributed by atoms with Crippen LogP contribution >= 0.6 is 0 Å². The van der Waals surface area contributed by atoms with Crippen molar-refractivity contribution in [2.45, 2.75) is 38.8 Å². The first kappa shape index (κ1) is 20.7. The average Bonchev–Trinajstić information content (AvgIpc) is 2.74. The number of hydrogen-bond acceptors (Lipinski definition) is 4. The number of hydrogen-bond donors (Lipinski definition) is 0. The summed E-state index contributed by atoms with van der Waals surface area (Å²) in [5.74, 6) is 1.87. The molecule has 4 heteroatoms. The van der Waals surface area contributed by atoms with Gasteiger partial charge in [0.1, 0.15) is 11.5 Å². The van der Waals surface area contributed by atoms with E-state index in [1.807, 2.05) is 6.07 Å². The average molecular weight is 383 g/mol. The van der Waals surface area contributed by atoms with Gasteiger partial charge in [-0.25, -0.2) is 0 Å². The molecule has 0 N–H and O–H groups in total. The lowest BCUT2D eigenvalue weighted by Gasteiger charge is -2.40. The highest BCUT2D eigenvalue weighted by Crippen LogP contribution is 2.19. The Labute approximate surface area is 170 Å². The molecule has 2 unspecified atom stereocenters. The van der Waals surface area contributed by atoms with Gasteiger partial charge in [-0.1, -0.05) is 24.3 Å². The maximum atomic E-state index is 5.36. The van der Waals surface area contributed by atoms with Crippen molar-refractivity contribution in [3.8, 4) is 11.5 Å². The van der Waals surface area contributed by atoms with Crippen molar-refractivity contribution >= 4 is 0 Å². The van der Waals surface area contributed by atoms with Gasteiger partial charge in [0.15, 0.2) is 0 Å². The van der Waals surface area contributed by atoms with Crippen LogP contribution in [0.2, 0.25) is 0 Å². The van der Waals surface area contributed by atoms with Crippen LogP contribution in [-0.4, -0.2) is 62.3 Å². The highest BCUT2D eigenvalue weighted by atomic mass is 16.5. The summed E-state index contributed by atoms with van der Waals surface area (Å²) in [4.78, 5) is 5.25. The van der Waals surface area contributed by atoms with Gasteiger partial charge in [0.2, 0.25) is 0 Å². The van der Waals surface area contributed by atoms with E-state index in [2.05, 4.69) is 66.1 Å². The van der Waals surface area contributed by atoms with Crippen LogP contribution in [0.25, 0.3) is 0 Å². The molecule has 1 aliphatic heterocycles. The fourth-order valence-corrected chi connectivity index (χ4v) is 4.12. The van der Waals surface area contributed by atoms with E-state index in [4.69, 9.17) is 9.47 Å². The van der Waals surface area contributed by atoms with Crippen LogP contribution in [0.1, 0.15) is 25.0 Å². The number of benzene rings is 2. The normalized spacial score (nSPS) is 17.9. The van der Waals surface area contributed by atoms with Crippen molar-refractivity contribution in [3.63, 3.8) is 0 Å². The van der Waals surface area contributed by atoms with E-state index >= 15 is 0 Å². The molecular formula is C24H34N2O2. The monoisotopic (exact) mass is 382 g/mol. The second-order valence-corrected chi connectivity index (χ2v) is 7.88. The van der Waals surface area contributed by atoms with Crippen molar-refractivity contribution in [3.05, 3.63) is 59.7 Å². The third-order valence-electron chi connectivity index (χ3n) is 5.95. The van der Waals surface area contributed by atoms with E-state index in [-0.39, 0.29) is 0 Å². The van der Waals surface area contributed by atoms with Crippen LogP contribution in [0.4, 0.5) is 0 Å². The minimum Gasteiger partial charge on any atom is -0.497 e. The summed E-state index contributed by atoms with van der Waals surface area (Å²) in [5, 5.41) is 0. The zero-order valence-corrected chi connectivity index (χ0v) is 17.7. The molecule has 2 aromatic carbocycles. The Bertz CT molecular complexity index is 724. The molecule has 0 radical (unpaired) electrons. The molecule has 1 aliphatic rings. The Kier molecular flexibility index (Phi) is 7.35. The Morgan fingerprint density at radius 3 is 1.79 bits per heavy atom. The zero-order chi connectivity index (χ0) is 19.9. The number of nitrogens with zero attached hydrogens (tertiary/aromatic N) is 2. The van der Waals surface area contributed by atoms with Gasteiger partial charge in [-0.3, -0.25) is 9.80 Å². The Balaban J connectivity index is 1.47. The van der Waals surface area contributed by atoms with Gasteiger partial charge in [-0.2, -0.15) is 0 Å². The SMILES string of the molecule is COc1ccc(CC(C)N2CCN(C(C)Cc3cccc(OC)c3)CC2)cc1. The summed E-state index contributed by atoms with van der Waals surface area (Å²) in [5.41, 5.74) is 2.73. The molecular weight excluding hydrogens is 348 g/mol. The summed E-state index contributed by atoms with van der Waals surface area (Å²) < 4.78 is 10.6. The number of ether oxygens (including phenoxy) is 2. The van der Waals surface area contributed by atoms with E-state index in [0.29, 0.717) is 12.1 Å². The first-order valence-electron chi connectivity index (χ1n) is 10.3. The summed E-state index contributed by atoms with van der Waals surface area (Å²) >= 11 is 0. The lowest BCUT2D eigenvalue weighted by atomic mass is 10.0. The van der Waals surface area contributed by atoms with E-state index in [0.717, 1.165) is 50.5 Å². The first-order chi connectivity index (χ1) is 13.6. The predicted molar refractivity (Wildman–Crippen MR) is 115 cm³/mol. The van der Waals surface area contributed by atoms with Crippen molar-refractivity contribution in [1.82, 2.24) is 9.80 Å². The third-order valence-corrected chi connectivity index (χ3v) is 5.95. The number of methoxy groups -OCH3 is 2. The van der Waals surface area contributed by atoms with Crippen LogP contribution in [0.3, 0.4) is 0 Å². The lowest BCUT2D eigenvalue weighted by molar-refractivity contribution is 0.0785. The topological polar surface area (TPSA) is 24.9 Å². The maximum absolute atomic E-state index is 5.36. The molecule has 3 rings (SSSR count). The van der Waals surface area contributed by atoms with E-state index in [1.165, 1.54) is 11.1 Å². The van der Waals surface area contributed by atoms with Gasteiger partial charge >= 0.3 is 0 Å². The van der Waals surface area contributed by atoms with Crippen LogP contribution in [0.15, 0.2) is 48.5 Å². The fourth-order valence-electron chi connectivity index (χ4n) is 4.12. The Hall–Kier alpha value is -2.04. The first-order valence-corrected chi connectivity index (χ1v) is 10.3. The number of rotatable bonds is 8. The predicted octanol–water partition coefficient (Wildman–Crippen LogP) is 3.88. The Morgan fingerprint density at radius 1 is 0.714 bits per heavy atom. The molecule has 152 valence electrons. The van der Waals surface area contributed by atoms with Gasteiger partial charge in [0, 0.05) is 38.3 Å². The second kappa shape index (κ2) is 9.94. The summed E-state index contributed by atoms with van der Waals surface area (Å²) in [6.07, 6.45) is 2.15. The molecule has 1 saturated heterocycles. The van der Waals surface area contributed by atoms with Crippen molar-refractivity contribution in [1.29, 1.82) is 0 Å². The van der Waals surface area contributed by atoms with Crippen LogP contribution in [0, 0.1) is 0 Å². The molecule has 2 atom stereocenters. The molecule has 0 amide bonds. The fraction of sp³-hybridized carbons (Fsp3) is 0.500. The molecule has 0 aromatic heterocycles. The van der Waals surface area contributed by atoms with E-state index in [1.54, 1.807) is 14.2 Å². The lowest BCUT2D eigenvalue weighted by Crippen LogP contribution is -2.52. The largest absolute Gasteiger partial charge is 0.497 e. The van der Waals surface area contributed by atoms with Crippen molar-refractivity contribution < 1.29 is 9.47 Å². The second-order valence-electron chi connectivity index (χ2n) is 7.88. The van der Waals surface area contributed by atoms with Crippen LogP contribution < -0.4 is 9.47 Å². The highest BCUT2D eigenvalue weighted by Gasteiger charge is 2.24. The molecule has 4 nitrogen and oxygen atoms in total. The highest BCUT2D eigenvalue weighted by molar-refractivity contribution is 5.29. The summed E-state index contributed by atoms with van der Waals surface area (Å²) in [6.45, 7) is 9.24. The van der Waals surface area contributed by atoms with Gasteiger partial charge < -0.3 is 9.47 Å². The van der Waals surface area contributed by atoms with Crippen molar-refractivity contribution in [2.24, 2.45) is 0 Å². The zero-order valence-electron chi connectivity index (χ0n) is 17.7. The molecule has 1 heterocycles.